The fourth-order valence-electron chi connectivity index (χ4n) is 6.26. The maximum Gasteiger partial charge on any atom is 0.338 e. The van der Waals surface area contributed by atoms with Crippen LogP contribution in [-0.4, -0.2) is 48.4 Å². The lowest BCUT2D eigenvalue weighted by atomic mass is 9.85. The summed E-state index contributed by atoms with van der Waals surface area (Å²) in [7, 11) is 0. The third-order valence-corrected chi connectivity index (χ3v) is 8.67. The van der Waals surface area contributed by atoms with Crippen LogP contribution in [0.1, 0.15) is 112 Å². The highest BCUT2D eigenvalue weighted by atomic mass is 16.4. The summed E-state index contributed by atoms with van der Waals surface area (Å²) in [5, 5.41) is 19.7. The van der Waals surface area contributed by atoms with Crippen LogP contribution in [0, 0.1) is 13.8 Å². The lowest BCUT2D eigenvalue weighted by Crippen LogP contribution is -2.08. The monoisotopic (exact) mass is 566 g/mol. The summed E-state index contributed by atoms with van der Waals surface area (Å²) < 4.78 is 0. The normalized spacial score (nSPS) is 16.5. The Balaban J connectivity index is 2.02. The van der Waals surface area contributed by atoms with Crippen LogP contribution in [0.2, 0.25) is 0 Å². The molecule has 0 spiro atoms. The molecule has 4 N–H and O–H groups in total. The largest absolute Gasteiger partial charge is 0.481 e. The first-order valence-corrected chi connectivity index (χ1v) is 14.0. The third kappa shape index (κ3) is 4.64. The zero-order valence-electron chi connectivity index (χ0n) is 24.4. The molecule has 0 fully saturated rings. The van der Waals surface area contributed by atoms with E-state index in [1.807, 2.05) is 45.9 Å². The number of aliphatic carboxylic acids is 1. The van der Waals surface area contributed by atoms with E-state index in [9.17, 15) is 24.6 Å². The number of aldehydes is 1. The van der Waals surface area contributed by atoms with Gasteiger partial charge in [0.15, 0.2) is 6.29 Å². The van der Waals surface area contributed by atoms with E-state index >= 15 is 0 Å². The molecule has 3 aromatic heterocycles. The predicted molar refractivity (Wildman–Crippen MR) is 164 cm³/mol. The lowest BCUT2D eigenvalue weighted by molar-refractivity contribution is -0.137. The fraction of sp³-hybridized carbons (Fsp3) is 0.303. The van der Waals surface area contributed by atoms with E-state index < -0.39 is 17.9 Å². The van der Waals surface area contributed by atoms with Gasteiger partial charge in [-0.2, -0.15) is 0 Å². The second kappa shape index (κ2) is 10.9. The zero-order valence-corrected chi connectivity index (χ0v) is 24.4. The van der Waals surface area contributed by atoms with E-state index in [1.165, 1.54) is 0 Å². The minimum atomic E-state index is -1.18. The molecule has 2 atom stereocenters. The Hall–Kier alpha value is -4.79. The zero-order chi connectivity index (χ0) is 30.5. The summed E-state index contributed by atoms with van der Waals surface area (Å²) in [5.74, 6) is -2.77. The highest BCUT2D eigenvalue weighted by Gasteiger charge is 2.33. The number of nitrogens with one attached hydrogen (secondary N) is 2. The second-order valence-electron chi connectivity index (χ2n) is 11.0. The maximum absolute atomic E-state index is 12.7. The number of allylic oxidation sites excluding steroid dienone is 2. The fourth-order valence-corrected chi connectivity index (χ4v) is 6.26. The van der Waals surface area contributed by atoms with Gasteiger partial charge in [-0.05, 0) is 74.1 Å². The number of hydrogen-bond donors (Lipinski definition) is 4. The molecule has 42 heavy (non-hydrogen) atoms. The number of rotatable bonds is 7. The minimum absolute atomic E-state index is 0.0226. The highest BCUT2D eigenvalue weighted by molar-refractivity contribution is 6.06. The molecular weight excluding hydrogens is 532 g/mol. The van der Waals surface area contributed by atoms with Crippen molar-refractivity contribution >= 4 is 57.5 Å². The molecule has 0 aromatic carbocycles. The molecule has 5 heterocycles. The molecule has 0 unspecified atom stereocenters. The molecule has 3 aromatic rings. The topological polar surface area (TPSA) is 149 Å². The number of aromatic carboxylic acids is 1. The van der Waals surface area contributed by atoms with Crippen molar-refractivity contribution in [2.24, 2.45) is 0 Å². The van der Waals surface area contributed by atoms with Crippen molar-refractivity contribution in [3.05, 3.63) is 75.4 Å². The first kappa shape index (κ1) is 28.7. The Bertz CT molecular complexity index is 1870. The molecule has 8 bridgehead atoms. The van der Waals surface area contributed by atoms with Crippen LogP contribution in [0.4, 0.5) is 0 Å². The van der Waals surface area contributed by atoms with Crippen LogP contribution < -0.4 is 0 Å². The lowest BCUT2D eigenvalue weighted by Gasteiger charge is -2.15. The summed E-state index contributed by atoms with van der Waals surface area (Å²) in [6.07, 6.45) is 3.27. The number of hydrogen-bond acceptors (Lipinski definition) is 5. The summed E-state index contributed by atoms with van der Waals surface area (Å²) >= 11 is 0. The Morgan fingerprint density at radius 3 is 2.29 bits per heavy atom. The Kier molecular flexibility index (Phi) is 7.45. The van der Waals surface area contributed by atoms with Gasteiger partial charge in [0.2, 0.25) is 0 Å². The van der Waals surface area contributed by atoms with Gasteiger partial charge < -0.3 is 20.2 Å². The third-order valence-electron chi connectivity index (χ3n) is 8.67. The molecule has 0 saturated carbocycles. The molecule has 2 aliphatic heterocycles. The Morgan fingerprint density at radius 1 is 0.976 bits per heavy atom. The summed E-state index contributed by atoms with van der Waals surface area (Å²) in [4.78, 5) is 53.4. The van der Waals surface area contributed by atoms with Gasteiger partial charge in [0.25, 0.3) is 0 Å². The molecule has 9 nitrogen and oxygen atoms in total. The van der Waals surface area contributed by atoms with Crippen molar-refractivity contribution in [3.63, 3.8) is 0 Å². The molecule has 2 aliphatic rings. The Labute approximate surface area is 243 Å². The van der Waals surface area contributed by atoms with E-state index in [-0.39, 0.29) is 35.4 Å². The van der Waals surface area contributed by atoms with Crippen LogP contribution in [-0.2, 0) is 4.79 Å². The van der Waals surface area contributed by atoms with Crippen molar-refractivity contribution in [1.82, 2.24) is 19.9 Å². The number of H-pyrrole nitrogens is 2. The number of carbonyl (C=O) groups is 3. The summed E-state index contributed by atoms with van der Waals surface area (Å²) in [6.45, 7) is 13.7. The first-order valence-electron chi connectivity index (χ1n) is 14.0. The summed E-state index contributed by atoms with van der Waals surface area (Å²) in [6, 6.07) is 5.75. The number of carboxylic acid groups (broad SMARTS) is 2. The van der Waals surface area contributed by atoms with E-state index in [0.29, 0.717) is 34.4 Å². The molecule has 0 radical (unpaired) electrons. The van der Waals surface area contributed by atoms with E-state index in [2.05, 4.69) is 16.5 Å². The van der Waals surface area contributed by atoms with Crippen molar-refractivity contribution in [2.75, 3.05) is 0 Å². The summed E-state index contributed by atoms with van der Waals surface area (Å²) in [5.41, 5.74) is 9.42. The molecule has 9 heteroatoms. The Morgan fingerprint density at radius 2 is 1.67 bits per heavy atom. The number of aromatic amines is 2. The number of nitrogens with zero attached hydrogens (tertiary/aromatic N) is 2. The van der Waals surface area contributed by atoms with Gasteiger partial charge in [0.05, 0.1) is 33.7 Å². The van der Waals surface area contributed by atoms with Gasteiger partial charge in [0, 0.05) is 46.1 Å². The number of carbonyl (C=O) groups excluding carboxylic acids is 1. The number of fused-ring (bicyclic) bond motifs is 8. The quantitative estimate of drug-likeness (QED) is 0.221. The van der Waals surface area contributed by atoms with Crippen LogP contribution >= 0.6 is 0 Å². The molecule has 0 saturated heterocycles. The van der Waals surface area contributed by atoms with Gasteiger partial charge in [-0.1, -0.05) is 26.5 Å². The smallest absolute Gasteiger partial charge is 0.338 e. The molecule has 0 amide bonds. The van der Waals surface area contributed by atoms with Gasteiger partial charge in [-0.15, -0.1) is 0 Å². The second-order valence-corrected chi connectivity index (χ2v) is 11.0. The highest BCUT2D eigenvalue weighted by Crippen LogP contribution is 2.42. The van der Waals surface area contributed by atoms with Crippen molar-refractivity contribution in [1.29, 1.82) is 0 Å². The number of carboxylic acids is 2. The van der Waals surface area contributed by atoms with E-state index in [0.717, 1.165) is 45.4 Å². The minimum Gasteiger partial charge on any atom is -0.481 e. The van der Waals surface area contributed by atoms with Crippen molar-refractivity contribution in [2.45, 2.75) is 65.7 Å². The van der Waals surface area contributed by atoms with Gasteiger partial charge in [-0.25, -0.2) is 9.78 Å². The number of aromatic nitrogens is 4. The molecule has 0 aliphatic carbocycles. The van der Waals surface area contributed by atoms with Crippen molar-refractivity contribution < 1.29 is 24.6 Å². The standard InChI is InChI=1S/C33H34N4O5/c1-7-19-15(3)23-11-25-17(5)21(9-10-29(39)40)31(36-25)22(14-38)32-30(33(41)42)18(6)26(37-32)13-28-20(8-2)16(4)24(35-28)12-27(19)34-23/h7,11-14,17,21,34,37H,1,8-10H2,2-6H3,(H,39,40)(H,41,42)/t17-,21-/m1/s1. The average molecular weight is 567 g/mol. The number of aryl methyl sites for hydroxylation is 2. The van der Waals surface area contributed by atoms with Gasteiger partial charge >= 0.3 is 11.9 Å². The van der Waals surface area contributed by atoms with Gasteiger partial charge in [0.1, 0.15) is 0 Å². The maximum atomic E-state index is 12.7. The first-order chi connectivity index (χ1) is 20.0. The van der Waals surface area contributed by atoms with E-state index in [4.69, 9.17) is 9.97 Å². The van der Waals surface area contributed by atoms with Gasteiger partial charge in [-0.3, -0.25) is 14.6 Å². The molecular formula is C33H34N4O5. The average Bonchev–Trinajstić information content (AvgIpc) is 3.61. The SMILES string of the molecule is C=Cc1c(C)c2cc3nc(c(C=O)c4[nH]c(cc5nc(cc1[nH]2)C(C)=C5CC)c(C)c4C(=O)O)[C@H](CCC(=O)O)[C@H]3C. The molecule has 5 rings (SSSR count). The van der Waals surface area contributed by atoms with Crippen LogP contribution in [0.25, 0.3) is 39.3 Å². The van der Waals surface area contributed by atoms with Crippen LogP contribution in [0.15, 0.2) is 24.8 Å². The molecule has 216 valence electrons. The van der Waals surface area contributed by atoms with Crippen molar-refractivity contribution in [3.8, 4) is 0 Å². The van der Waals surface area contributed by atoms with Crippen LogP contribution in [0.5, 0.6) is 0 Å². The predicted octanol–water partition coefficient (Wildman–Crippen LogP) is 7.18. The van der Waals surface area contributed by atoms with Crippen LogP contribution in [0.3, 0.4) is 0 Å². The van der Waals surface area contributed by atoms with E-state index in [1.54, 1.807) is 13.0 Å².